The lowest BCUT2D eigenvalue weighted by Crippen LogP contribution is -2.52. The number of ether oxygens (including phenoxy) is 3. The SMILES string of the molecule is C=CC(=O)O[C@@H]1[C@@H]2OC[C@H](CC13Cc1ccccc1C3)O2. The van der Waals surface area contributed by atoms with Gasteiger partial charge in [0, 0.05) is 11.5 Å². The lowest BCUT2D eigenvalue weighted by Gasteiger charge is -2.42. The van der Waals surface area contributed by atoms with Gasteiger partial charge in [0.25, 0.3) is 0 Å². The number of carbonyl (C=O) groups is 1. The van der Waals surface area contributed by atoms with E-state index in [1.54, 1.807) is 0 Å². The van der Waals surface area contributed by atoms with Crippen molar-refractivity contribution in [2.45, 2.75) is 37.8 Å². The summed E-state index contributed by atoms with van der Waals surface area (Å²) in [4.78, 5) is 11.7. The molecular formula is C17H18O4. The van der Waals surface area contributed by atoms with Gasteiger partial charge in [0.1, 0.15) is 0 Å². The maximum atomic E-state index is 11.7. The Labute approximate surface area is 123 Å². The lowest BCUT2D eigenvalue weighted by molar-refractivity contribution is -0.219. The molecule has 4 nitrogen and oxygen atoms in total. The zero-order chi connectivity index (χ0) is 14.4. The van der Waals surface area contributed by atoms with E-state index in [1.165, 1.54) is 17.2 Å². The molecule has 0 unspecified atom stereocenters. The van der Waals surface area contributed by atoms with E-state index in [0.29, 0.717) is 6.61 Å². The summed E-state index contributed by atoms with van der Waals surface area (Å²) in [6.07, 6.45) is 3.21. The van der Waals surface area contributed by atoms with Gasteiger partial charge >= 0.3 is 5.97 Å². The molecule has 3 aliphatic rings. The summed E-state index contributed by atoms with van der Waals surface area (Å²) >= 11 is 0. The molecule has 2 bridgehead atoms. The number of rotatable bonds is 2. The summed E-state index contributed by atoms with van der Waals surface area (Å²) in [5.74, 6) is -0.409. The van der Waals surface area contributed by atoms with E-state index < -0.39 is 12.3 Å². The van der Waals surface area contributed by atoms with Crippen molar-refractivity contribution >= 4 is 5.97 Å². The van der Waals surface area contributed by atoms with Gasteiger partial charge in [0.05, 0.1) is 12.7 Å². The molecule has 0 saturated carbocycles. The van der Waals surface area contributed by atoms with Crippen LogP contribution in [-0.4, -0.2) is 31.1 Å². The van der Waals surface area contributed by atoms with Gasteiger partial charge in [-0.25, -0.2) is 4.79 Å². The van der Waals surface area contributed by atoms with Crippen LogP contribution in [0, 0.1) is 5.41 Å². The van der Waals surface area contributed by atoms with Crippen molar-refractivity contribution < 1.29 is 19.0 Å². The third kappa shape index (κ3) is 2.01. The summed E-state index contributed by atoms with van der Waals surface area (Å²) < 4.78 is 17.1. The molecule has 1 aromatic rings. The Morgan fingerprint density at radius 2 is 2.05 bits per heavy atom. The van der Waals surface area contributed by atoms with Crippen LogP contribution in [0.1, 0.15) is 17.5 Å². The van der Waals surface area contributed by atoms with E-state index in [0.717, 1.165) is 19.3 Å². The normalized spacial score (nSPS) is 31.9. The highest BCUT2D eigenvalue weighted by atomic mass is 16.7. The summed E-state index contributed by atoms with van der Waals surface area (Å²) in [6, 6.07) is 8.45. The zero-order valence-electron chi connectivity index (χ0n) is 11.8. The molecule has 1 spiro atoms. The molecule has 3 atom stereocenters. The first kappa shape index (κ1) is 13.0. The van der Waals surface area contributed by atoms with Crippen molar-refractivity contribution in [1.29, 1.82) is 0 Å². The summed E-state index contributed by atoms with van der Waals surface area (Å²) in [7, 11) is 0. The van der Waals surface area contributed by atoms with Gasteiger partial charge in [0.2, 0.25) is 0 Å². The molecule has 4 rings (SSSR count). The highest BCUT2D eigenvalue weighted by Crippen LogP contribution is 2.50. The standard InChI is InChI=1S/C17H18O4/c1-2-14(18)21-15-16-19-10-13(20-16)9-17(15)7-11-5-3-4-6-12(11)8-17/h2-6,13,15-16H,1,7-10H2/t13-,15+,16+/m0/s1. The highest BCUT2D eigenvalue weighted by molar-refractivity contribution is 5.81. The molecule has 0 radical (unpaired) electrons. The van der Waals surface area contributed by atoms with Crippen LogP contribution in [-0.2, 0) is 31.8 Å². The Morgan fingerprint density at radius 3 is 2.71 bits per heavy atom. The molecule has 1 aliphatic carbocycles. The van der Waals surface area contributed by atoms with Gasteiger partial charge in [-0.15, -0.1) is 0 Å². The summed E-state index contributed by atoms with van der Waals surface area (Å²) in [5.41, 5.74) is 2.59. The van der Waals surface area contributed by atoms with Gasteiger partial charge in [0.15, 0.2) is 12.4 Å². The molecule has 0 N–H and O–H groups in total. The Balaban J connectivity index is 1.69. The van der Waals surface area contributed by atoms with Crippen LogP contribution >= 0.6 is 0 Å². The Bertz CT molecular complexity index is 569. The predicted molar refractivity (Wildman–Crippen MR) is 75.6 cm³/mol. The molecule has 2 aliphatic heterocycles. The maximum Gasteiger partial charge on any atom is 0.330 e. The fourth-order valence-corrected chi connectivity index (χ4v) is 4.02. The van der Waals surface area contributed by atoms with Crippen molar-refractivity contribution in [3.63, 3.8) is 0 Å². The van der Waals surface area contributed by atoms with Crippen molar-refractivity contribution in [2.75, 3.05) is 6.61 Å². The molecule has 21 heavy (non-hydrogen) atoms. The van der Waals surface area contributed by atoms with E-state index in [2.05, 4.69) is 30.8 Å². The van der Waals surface area contributed by atoms with Crippen LogP contribution in [0.3, 0.4) is 0 Å². The van der Waals surface area contributed by atoms with Gasteiger partial charge in [-0.3, -0.25) is 0 Å². The van der Waals surface area contributed by atoms with Crippen molar-refractivity contribution in [2.24, 2.45) is 5.41 Å². The number of fused-ring (bicyclic) bond motifs is 3. The number of benzene rings is 1. The first-order valence-electron chi connectivity index (χ1n) is 7.37. The fraction of sp³-hybridized carbons (Fsp3) is 0.471. The minimum absolute atomic E-state index is 0.105. The van der Waals surface area contributed by atoms with Gasteiger partial charge < -0.3 is 14.2 Å². The van der Waals surface area contributed by atoms with Gasteiger partial charge in [-0.05, 0) is 30.4 Å². The van der Waals surface area contributed by atoms with Crippen LogP contribution in [0.15, 0.2) is 36.9 Å². The number of hydrogen-bond donors (Lipinski definition) is 0. The molecule has 1 aromatic carbocycles. The largest absolute Gasteiger partial charge is 0.453 e. The molecule has 2 saturated heterocycles. The first-order chi connectivity index (χ1) is 10.2. The number of hydrogen-bond acceptors (Lipinski definition) is 4. The van der Waals surface area contributed by atoms with Gasteiger partial charge in [-0.1, -0.05) is 30.8 Å². The average Bonchev–Trinajstić information content (AvgIpc) is 3.05. The van der Waals surface area contributed by atoms with E-state index in [-0.39, 0.29) is 17.6 Å². The first-order valence-corrected chi connectivity index (χ1v) is 7.37. The fourth-order valence-electron chi connectivity index (χ4n) is 4.02. The summed E-state index contributed by atoms with van der Waals surface area (Å²) in [6.45, 7) is 4.07. The molecule has 4 heteroatoms. The van der Waals surface area contributed by atoms with Crippen molar-refractivity contribution in [3.8, 4) is 0 Å². The Kier molecular flexibility index (Phi) is 2.91. The van der Waals surface area contributed by atoms with Crippen molar-refractivity contribution in [1.82, 2.24) is 0 Å². The quantitative estimate of drug-likeness (QED) is 0.616. The molecule has 110 valence electrons. The second-order valence-corrected chi connectivity index (χ2v) is 6.21. The Morgan fingerprint density at radius 1 is 1.33 bits per heavy atom. The molecule has 2 fully saturated rings. The van der Waals surface area contributed by atoms with E-state index in [9.17, 15) is 4.79 Å². The van der Waals surface area contributed by atoms with Crippen molar-refractivity contribution in [3.05, 3.63) is 48.0 Å². The summed E-state index contributed by atoms with van der Waals surface area (Å²) in [5, 5.41) is 0. The van der Waals surface area contributed by atoms with Crippen LogP contribution in [0.5, 0.6) is 0 Å². The zero-order valence-corrected chi connectivity index (χ0v) is 11.8. The van der Waals surface area contributed by atoms with E-state index in [1.807, 2.05) is 0 Å². The highest BCUT2D eigenvalue weighted by Gasteiger charge is 2.57. The average molecular weight is 286 g/mol. The van der Waals surface area contributed by atoms with Crippen LogP contribution < -0.4 is 0 Å². The third-order valence-electron chi connectivity index (χ3n) is 4.87. The molecular weight excluding hydrogens is 268 g/mol. The minimum atomic E-state index is -0.443. The number of carbonyl (C=O) groups excluding carboxylic acids is 1. The van der Waals surface area contributed by atoms with Crippen LogP contribution in [0.25, 0.3) is 0 Å². The smallest absolute Gasteiger partial charge is 0.330 e. The monoisotopic (exact) mass is 286 g/mol. The van der Waals surface area contributed by atoms with Gasteiger partial charge in [-0.2, -0.15) is 0 Å². The topological polar surface area (TPSA) is 44.8 Å². The van der Waals surface area contributed by atoms with Crippen LogP contribution in [0.2, 0.25) is 0 Å². The third-order valence-corrected chi connectivity index (χ3v) is 4.87. The van der Waals surface area contributed by atoms with E-state index >= 15 is 0 Å². The second-order valence-electron chi connectivity index (χ2n) is 6.21. The van der Waals surface area contributed by atoms with E-state index in [4.69, 9.17) is 14.2 Å². The maximum absolute atomic E-state index is 11.7. The Hall–Kier alpha value is -1.65. The minimum Gasteiger partial charge on any atom is -0.453 e. The predicted octanol–water partition coefficient (Wildman–Crippen LogP) is 2.01. The van der Waals surface area contributed by atoms with Crippen LogP contribution in [0.4, 0.5) is 0 Å². The molecule has 2 heterocycles. The molecule has 0 amide bonds. The number of esters is 1. The lowest BCUT2D eigenvalue weighted by atomic mass is 9.73. The molecule has 0 aromatic heterocycles. The second kappa shape index (κ2) is 4.68.